The number of halogens is 1. The van der Waals surface area contributed by atoms with Gasteiger partial charge >= 0.3 is 0 Å². The summed E-state index contributed by atoms with van der Waals surface area (Å²) in [5, 5.41) is 9.49. The molecule has 1 aromatic carbocycles. The molecule has 0 spiro atoms. The molecule has 128 valence electrons. The van der Waals surface area contributed by atoms with Crippen LogP contribution in [0.5, 0.6) is 5.75 Å². The van der Waals surface area contributed by atoms with E-state index in [2.05, 4.69) is 4.90 Å². The van der Waals surface area contributed by atoms with Crippen LogP contribution in [0, 0.1) is 0 Å². The van der Waals surface area contributed by atoms with Gasteiger partial charge in [0, 0.05) is 26.2 Å². The first-order chi connectivity index (χ1) is 11.2. The van der Waals surface area contributed by atoms with E-state index in [1.807, 2.05) is 29.2 Å². The molecule has 1 N–H and O–H groups in total. The summed E-state index contributed by atoms with van der Waals surface area (Å²) in [5.74, 6) is 0.871. The first kappa shape index (κ1) is 16.7. The van der Waals surface area contributed by atoms with Gasteiger partial charge in [0.25, 0.3) is 0 Å². The first-order valence-electron chi connectivity index (χ1n) is 8.69. The second-order valence-corrected chi connectivity index (χ2v) is 6.68. The van der Waals surface area contributed by atoms with Crippen molar-refractivity contribution in [2.24, 2.45) is 0 Å². The Bertz CT molecular complexity index is 484. The van der Waals surface area contributed by atoms with E-state index in [0.29, 0.717) is 26.2 Å². The summed E-state index contributed by atoms with van der Waals surface area (Å²) in [6.07, 6.45) is 1.97. The van der Waals surface area contributed by atoms with E-state index in [1.165, 1.54) is 32.4 Å². The van der Waals surface area contributed by atoms with Crippen molar-refractivity contribution >= 4 is 0 Å². The maximum absolute atomic E-state index is 13.4. The van der Waals surface area contributed by atoms with Crippen molar-refractivity contribution in [2.75, 3.05) is 39.3 Å². The zero-order valence-corrected chi connectivity index (χ0v) is 13.7. The number of ether oxygens (including phenoxy) is 1. The predicted molar refractivity (Wildman–Crippen MR) is 88.4 cm³/mol. The highest BCUT2D eigenvalue weighted by Gasteiger charge is 2.30. The van der Waals surface area contributed by atoms with Crippen molar-refractivity contribution in [2.45, 2.75) is 38.1 Å². The molecule has 2 aliphatic heterocycles. The number of rotatable bonds is 6. The number of alkyl halides is 1. The van der Waals surface area contributed by atoms with Gasteiger partial charge in [0.05, 0.1) is 6.10 Å². The summed E-state index contributed by atoms with van der Waals surface area (Å²) >= 11 is 0. The Morgan fingerprint density at radius 3 is 2.70 bits per heavy atom. The van der Waals surface area contributed by atoms with E-state index in [-0.39, 0.29) is 0 Å². The number of likely N-dealkylation sites (tertiary alicyclic amines) is 2. The molecular formula is C18H27FN2O2. The van der Waals surface area contributed by atoms with Crippen LogP contribution >= 0.6 is 0 Å². The molecule has 2 aliphatic rings. The molecule has 2 saturated heterocycles. The van der Waals surface area contributed by atoms with E-state index in [9.17, 15) is 9.50 Å². The number of hydrogen-bond acceptors (Lipinski definition) is 4. The standard InChI is InChI=1S/C18H27FN2O2/c19-17-13-21(14-18(17)22)12-15-5-4-6-16(11-15)23-10-9-20-7-2-1-3-8-20/h4-6,11,17-18,22H,1-3,7-10,12-14H2/t17-,18-/m1/s1. The highest BCUT2D eigenvalue weighted by atomic mass is 19.1. The fraction of sp³-hybridized carbons (Fsp3) is 0.667. The minimum atomic E-state index is -1.13. The molecule has 0 unspecified atom stereocenters. The van der Waals surface area contributed by atoms with Gasteiger partial charge in [-0.15, -0.1) is 0 Å². The molecule has 23 heavy (non-hydrogen) atoms. The van der Waals surface area contributed by atoms with Crippen LogP contribution in [0.25, 0.3) is 0 Å². The Labute approximate surface area is 137 Å². The number of piperidine rings is 1. The molecule has 0 aliphatic carbocycles. The molecule has 3 rings (SSSR count). The predicted octanol–water partition coefficient (Wildman–Crippen LogP) is 2.07. The third kappa shape index (κ3) is 4.90. The minimum absolute atomic E-state index is 0.307. The topological polar surface area (TPSA) is 35.9 Å². The Morgan fingerprint density at radius 2 is 1.96 bits per heavy atom. The van der Waals surface area contributed by atoms with Crippen LogP contribution in [0.15, 0.2) is 24.3 Å². The van der Waals surface area contributed by atoms with E-state index in [4.69, 9.17) is 4.74 Å². The maximum Gasteiger partial charge on any atom is 0.140 e. The van der Waals surface area contributed by atoms with Gasteiger partial charge in [-0.3, -0.25) is 9.80 Å². The van der Waals surface area contributed by atoms with Crippen LogP contribution in [0.3, 0.4) is 0 Å². The fourth-order valence-electron chi connectivity index (χ4n) is 3.42. The molecule has 2 heterocycles. The van der Waals surface area contributed by atoms with Crippen LogP contribution in [0.4, 0.5) is 4.39 Å². The highest BCUT2D eigenvalue weighted by Crippen LogP contribution is 2.19. The normalized spacial score (nSPS) is 26.5. The quantitative estimate of drug-likeness (QED) is 0.870. The van der Waals surface area contributed by atoms with Crippen LogP contribution < -0.4 is 4.74 Å². The number of aliphatic hydroxyl groups is 1. The lowest BCUT2D eigenvalue weighted by atomic mass is 10.1. The molecule has 4 nitrogen and oxygen atoms in total. The third-order valence-electron chi connectivity index (χ3n) is 4.72. The zero-order valence-electron chi connectivity index (χ0n) is 13.7. The summed E-state index contributed by atoms with van der Waals surface area (Å²) in [6.45, 7) is 5.42. The maximum atomic E-state index is 13.4. The summed E-state index contributed by atoms with van der Waals surface area (Å²) in [6, 6.07) is 7.99. The Balaban J connectivity index is 1.45. The van der Waals surface area contributed by atoms with Gasteiger partial charge in [0.15, 0.2) is 0 Å². The largest absolute Gasteiger partial charge is 0.492 e. The van der Waals surface area contributed by atoms with E-state index in [1.54, 1.807) is 0 Å². The van der Waals surface area contributed by atoms with Crippen molar-refractivity contribution in [1.82, 2.24) is 9.80 Å². The van der Waals surface area contributed by atoms with Gasteiger partial charge < -0.3 is 9.84 Å². The Kier molecular flexibility index (Phi) is 5.86. The summed E-state index contributed by atoms with van der Waals surface area (Å²) in [4.78, 5) is 4.41. The molecule has 1 aromatic rings. The molecule has 2 atom stereocenters. The average Bonchev–Trinajstić information content (AvgIpc) is 2.86. The van der Waals surface area contributed by atoms with Crippen molar-refractivity contribution in [3.8, 4) is 5.75 Å². The fourth-order valence-corrected chi connectivity index (χ4v) is 3.42. The van der Waals surface area contributed by atoms with Crippen molar-refractivity contribution in [3.63, 3.8) is 0 Å². The minimum Gasteiger partial charge on any atom is -0.492 e. The number of aliphatic hydroxyl groups excluding tert-OH is 1. The molecule has 0 aromatic heterocycles. The SMILES string of the molecule is O[C@@H]1CN(Cc2cccc(OCCN3CCCCC3)c2)C[C@H]1F. The summed E-state index contributed by atoms with van der Waals surface area (Å²) in [7, 11) is 0. The van der Waals surface area contributed by atoms with Crippen LogP contribution in [-0.4, -0.2) is 66.5 Å². The lowest BCUT2D eigenvalue weighted by molar-refractivity contribution is 0.115. The molecule has 0 bridgehead atoms. The van der Waals surface area contributed by atoms with Gasteiger partial charge in [-0.2, -0.15) is 0 Å². The van der Waals surface area contributed by atoms with Gasteiger partial charge in [0.1, 0.15) is 18.5 Å². The molecule has 0 radical (unpaired) electrons. The Hall–Kier alpha value is -1.17. The summed E-state index contributed by atoms with van der Waals surface area (Å²) < 4.78 is 19.2. The average molecular weight is 322 g/mol. The zero-order chi connectivity index (χ0) is 16.1. The van der Waals surface area contributed by atoms with Crippen LogP contribution in [0.1, 0.15) is 24.8 Å². The van der Waals surface area contributed by atoms with E-state index >= 15 is 0 Å². The monoisotopic (exact) mass is 322 g/mol. The number of benzene rings is 1. The number of β-amino-alcohol motifs (C(OH)–C–C–N with tert-alkyl or cyclic N) is 1. The molecule has 0 saturated carbocycles. The first-order valence-corrected chi connectivity index (χ1v) is 8.69. The van der Waals surface area contributed by atoms with Crippen molar-refractivity contribution in [3.05, 3.63) is 29.8 Å². The molecule has 0 amide bonds. The summed E-state index contributed by atoms with van der Waals surface area (Å²) in [5.41, 5.74) is 1.10. The van der Waals surface area contributed by atoms with Gasteiger partial charge in [-0.1, -0.05) is 18.6 Å². The smallest absolute Gasteiger partial charge is 0.140 e. The number of hydrogen-bond donors (Lipinski definition) is 1. The van der Waals surface area contributed by atoms with E-state index < -0.39 is 12.3 Å². The lowest BCUT2D eigenvalue weighted by Gasteiger charge is -2.26. The highest BCUT2D eigenvalue weighted by molar-refractivity contribution is 5.28. The second-order valence-electron chi connectivity index (χ2n) is 6.68. The second kappa shape index (κ2) is 8.08. The van der Waals surface area contributed by atoms with Gasteiger partial charge in [0.2, 0.25) is 0 Å². The molecular weight excluding hydrogens is 295 g/mol. The lowest BCUT2D eigenvalue weighted by Crippen LogP contribution is -2.33. The van der Waals surface area contributed by atoms with Gasteiger partial charge in [-0.05, 0) is 43.6 Å². The van der Waals surface area contributed by atoms with Crippen molar-refractivity contribution in [1.29, 1.82) is 0 Å². The van der Waals surface area contributed by atoms with Crippen LogP contribution in [-0.2, 0) is 6.54 Å². The van der Waals surface area contributed by atoms with E-state index in [0.717, 1.165) is 17.9 Å². The third-order valence-corrected chi connectivity index (χ3v) is 4.72. The molecule has 5 heteroatoms. The van der Waals surface area contributed by atoms with Gasteiger partial charge in [-0.25, -0.2) is 4.39 Å². The molecule has 2 fully saturated rings. The number of nitrogens with zero attached hydrogens (tertiary/aromatic N) is 2. The Morgan fingerprint density at radius 1 is 1.13 bits per heavy atom. The van der Waals surface area contributed by atoms with Crippen molar-refractivity contribution < 1.29 is 14.2 Å². The van der Waals surface area contributed by atoms with Crippen LogP contribution in [0.2, 0.25) is 0 Å².